The summed E-state index contributed by atoms with van der Waals surface area (Å²) >= 11 is 0. The lowest BCUT2D eigenvalue weighted by Gasteiger charge is -2.16. The number of rotatable bonds is 5. The second-order valence-electron chi connectivity index (χ2n) is 8.01. The molecule has 4 nitrogen and oxygen atoms in total. The number of carbonyl (C=O) groups is 1. The first-order valence-corrected chi connectivity index (χ1v) is 9.72. The quantitative estimate of drug-likeness (QED) is 0.864. The number of anilines is 1. The lowest BCUT2D eigenvalue weighted by Crippen LogP contribution is -2.21. The Hall–Kier alpha value is -1.81. The molecule has 1 aliphatic heterocycles. The van der Waals surface area contributed by atoms with Gasteiger partial charge in [0, 0.05) is 37.1 Å². The van der Waals surface area contributed by atoms with E-state index in [2.05, 4.69) is 40.3 Å². The Morgan fingerprint density at radius 3 is 2.72 bits per heavy atom. The maximum absolute atomic E-state index is 11.4. The maximum Gasteiger partial charge on any atom is 0.221 e. The van der Waals surface area contributed by atoms with E-state index in [9.17, 15) is 4.79 Å². The predicted molar refractivity (Wildman–Crippen MR) is 103 cm³/mol. The van der Waals surface area contributed by atoms with Crippen LogP contribution in [0.25, 0.3) is 10.9 Å². The Balaban J connectivity index is 1.38. The number of hydrogen-bond acceptors (Lipinski definition) is 2. The van der Waals surface area contributed by atoms with Crippen molar-refractivity contribution < 1.29 is 4.79 Å². The predicted octanol–water partition coefficient (Wildman–Crippen LogP) is 4.04. The van der Waals surface area contributed by atoms with Crippen LogP contribution in [0, 0.1) is 17.8 Å². The third kappa shape index (κ3) is 3.45. The van der Waals surface area contributed by atoms with Crippen LogP contribution in [-0.2, 0) is 11.2 Å². The van der Waals surface area contributed by atoms with E-state index >= 15 is 0 Å². The summed E-state index contributed by atoms with van der Waals surface area (Å²) in [6.07, 6.45) is 7.16. The van der Waals surface area contributed by atoms with Gasteiger partial charge in [0.2, 0.25) is 5.91 Å². The first-order valence-electron chi connectivity index (χ1n) is 9.72. The first-order chi connectivity index (χ1) is 12.1. The first kappa shape index (κ1) is 16.6. The molecule has 1 aliphatic carbocycles. The number of amides is 1. The van der Waals surface area contributed by atoms with E-state index in [1.165, 1.54) is 44.5 Å². The van der Waals surface area contributed by atoms with Gasteiger partial charge in [-0.25, -0.2) is 0 Å². The third-order valence-corrected chi connectivity index (χ3v) is 6.27. The van der Waals surface area contributed by atoms with Gasteiger partial charge in [-0.05, 0) is 67.7 Å². The highest BCUT2D eigenvalue weighted by Crippen LogP contribution is 2.43. The molecule has 2 aliphatic rings. The maximum atomic E-state index is 11.4. The molecule has 0 unspecified atom stereocenters. The van der Waals surface area contributed by atoms with Crippen LogP contribution >= 0.6 is 0 Å². The Morgan fingerprint density at radius 1 is 1.28 bits per heavy atom. The third-order valence-electron chi connectivity index (χ3n) is 6.27. The minimum Gasteiger partial charge on any atom is -0.359 e. The van der Waals surface area contributed by atoms with Gasteiger partial charge >= 0.3 is 0 Å². The molecule has 2 heterocycles. The molecule has 4 heteroatoms. The van der Waals surface area contributed by atoms with Crippen molar-refractivity contribution in [3.8, 4) is 0 Å². The summed E-state index contributed by atoms with van der Waals surface area (Å²) < 4.78 is 0. The number of benzene rings is 1. The van der Waals surface area contributed by atoms with Crippen molar-refractivity contribution in [2.75, 3.05) is 25.0 Å². The van der Waals surface area contributed by atoms with E-state index in [4.69, 9.17) is 0 Å². The fraction of sp³-hybridized carbons (Fsp3) is 0.571. The van der Waals surface area contributed by atoms with Crippen molar-refractivity contribution in [3.63, 3.8) is 0 Å². The highest BCUT2D eigenvalue weighted by molar-refractivity contribution is 6.01. The molecular weight excluding hydrogens is 310 g/mol. The van der Waals surface area contributed by atoms with E-state index < -0.39 is 0 Å². The van der Waals surface area contributed by atoms with Gasteiger partial charge in [0.05, 0.1) is 5.69 Å². The summed E-state index contributed by atoms with van der Waals surface area (Å²) in [5.41, 5.74) is 3.35. The second kappa shape index (κ2) is 6.83. The number of nitrogens with zero attached hydrogens (tertiary/aromatic N) is 1. The number of aromatic amines is 1. The SMILES string of the molecule is CCN1C[C@H]2C[C@@H](CCc3ccc4[nH]cc(NC(C)=O)c4c3)C[C@H]2C1. The van der Waals surface area contributed by atoms with Gasteiger partial charge in [0.25, 0.3) is 0 Å². The topological polar surface area (TPSA) is 48.1 Å². The van der Waals surface area contributed by atoms with Gasteiger partial charge in [-0.15, -0.1) is 0 Å². The highest BCUT2D eigenvalue weighted by atomic mass is 16.1. The van der Waals surface area contributed by atoms with Gasteiger partial charge in [-0.3, -0.25) is 4.79 Å². The molecule has 2 N–H and O–H groups in total. The summed E-state index contributed by atoms with van der Waals surface area (Å²) in [4.78, 5) is 17.2. The molecule has 1 amide bonds. The van der Waals surface area contributed by atoms with E-state index in [1.54, 1.807) is 6.92 Å². The van der Waals surface area contributed by atoms with Gasteiger partial charge in [0.15, 0.2) is 0 Å². The van der Waals surface area contributed by atoms with Crippen molar-refractivity contribution in [1.29, 1.82) is 0 Å². The lowest BCUT2D eigenvalue weighted by atomic mass is 9.96. The van der Waals surface area contributed by atoms with Crippen molar-refractivity contribution >= 4 is 22.5 Å². The number of hydrogen-bond donors (Lipinski definition) is 2. The summed E-state index contributed by atoms with van der Waals surface area (Å²) in [6, 6.07) is 6.61. The zero-order chi connectivity index (χ0) is 17.4. The summed E-state index contributed by atoms with van der Waals surface area (Å²) in [5, 5.41) is 4.03. The van der Waals surface area contributed by atoms with E-state index in [-0.39, 0.29) is 5.91 Å². The number of fused-ring (bicyclic) bond motifs is 2. The van der Waals surface area contributed by atoms with Crippen LogP contribution in [0.5, 0.6) is 0 Å². The van der Waals surface area contributed by atoms with Crippen LogP contribution in [-0.4, -0.2) is 35.4 Å². The van der Waals surface area contributed by atoms with Crippen molar-refractivity contribution in [2.24, 2.45) is 17.8 Å². The van der Waals surface area contributed by atoms with Crippen LogP contribution in [0.2, 0.25) is 0 Å². The Labute approximate surface area is 150 Å². The number of nitrogens with one attached hydrogen (secondary N) is 2. The van der Waals surface area contributed by atoms with Crippen LogP contribution < -0.4 is 5.32 Å². The van der Waals surface area contributed by atoms with E-state index in [0.717, 1.165) is 40.8 Å². The number of H-pyrrole nitrogens is 1. The molecule has 25 heavy (non-hydrogen) atoms. The van der Waals surface area contributed by atoms with Crippen LogP contribution in [0.1, 0.15) is 38.7 Å². The molecule has 4 rings (SSSR count). The molecule has 3 atom stereocenters. The average Bonchev–Trinajstić information content (AvgIpc) is 3.25. The van der Waals surface area contributed by atoms with Crippen molar-refractivity contribution in [1.82, 2.24) is 9.88 Å². The Morgan fingerprint density at radius 2 is 2.04 bits per heavy atom. The summed E-state index contributed by atoms with van der Waals surface area (Å²) in [5.74, 6) is 2.77. The Bertz CT molecular complexity index is 752. The molecule has 1 saturated carbocycles. The monoisotopic (exact) mass is 339 g/mol. The fourth-order valence-electron chi connectivity index (χ4n) is 5.00. The smallest absolute Gasteiger partial charge is 0.221 e. The molecule has 2 fully saturated rings. The van der Waals surface area contributed by atoms with Gasteiger partial charge < -0.3 is 15.2 Å². The van der Waals surface area contributed by atoms with Crippen LogP contribution in [0.15, 0.2) is 24.4 Å². The van der Waals surface area contributed by atoms with Gasteiger partial charge in [0.1, 0.15) is 0 Å². The zero-order valence-electron chi connectivity index (χ0n) is 15.3. The number of aryl methyl sites for hydroxylation is 1. The summed E-state index contributed by atoms with van der Waals surface area (Å²) in [6.45, 7) is 7.70. The van der Waals surface area contributed by atoms with E-state index in [1.807, 2.05) is 6.20 Å². The zero-order valence-corrected chi connectivity index (χ0v) is 15.3. The standard InChI is InChI=1S/C21H29N3O/c1-3-24-12-17-8-16(9-18(17)13-24)5-4-15-6-7-20-19(10-15)21(11-22-20)23-14(2)25/h6-7,10-11,16-18,22H,3-5,8-9,12-13H2,1-2H3,(H,23,25)/t16-,17-,18+. The molecular formula is C21H29N3O. The molecule has 2 aromatic rings. The molecule has 1 aromatic heterocycles. The molecule has 1 saturated heterocycles. The Kier molecular flexibility index (Phi) is 4.55. The summed E-state index contributed by atoms with van der Waals surface area (Å²) in [7, 11) is 0. The molecule has 0 radical (unpaired) electrons. The minimum absolute atomic E-state index is 0.0232. The lowest BCUT2D eigenvalue weighted by molar-refractivity contribution is -0.114. The van der Waals surface area contributed by atoms with Crippen LogP contribution in [0.4, 0.5) is 5.69 Å². The van der Waals surface area contributed by atoms with E-state index in [0.29, 0.717) is 0 Å². The normalized spacial score (nSPS) is 26.2. The van der Waals surface area contributed by atoms with Crippen molar-refractivity contribution in [3.05, 3.63) is 30.0 Å². The molecule has 134 valence electrons. The molecule has 1 aromatic carbocycles. The second-order valence-corrected chi connectivity index (χ2v) is 8.01. The molecule has 0 spiro atoms. The highest BCUT2D eigenvalue weighted by Gasteiger charge is 2.39. The molecule has 0 bridgehead atoms. The van der Waals surface area contributed by atoms with Crippen molar-refractivity contribution in [2.45, 2.75) is 39.5 Å². The minimum atomic E-state index is -0.0232. The van der Waals surface area contributed by atoms with Gasteiger partial charge in [-0.2, -0.15) is 0 Å². The largest absolute Gasteiger partial charge is 0.359 e. The van der Waals surface area contributed by atoms with Gasteiger partial charge in [-0.1, -0.05) is 13.0 Å². The average molecular weight is 339 g/mol. The number of aromatic nitrogens is 1. The van der Waals surface area contributed by atoms with Crippen LogP contribution in [0.3, 0.4) is 0 Å². The fourth-order valence-corrected chi connectivity index (χ4v) is 5.00. The number of carbonyl (C=O) groups excluding carboxylic acids is 1. The number of likely N-dealkylation sites (tertiary alicyclic amines) is 1.